The molecule has 134 valence electrons. The van der Waals surface area contributed by atoms with Gasteiger partial charge in [0.2, 0.25) is 0 Å². The Morgan fingerprint density at radius 3 is 2.81 bits per heavy atom. The number of urea groups is 1. The van der Waals surface area contributed by atoms with E-state index in [1.54, 1.807) is 13.1 Å². The van der Waals surface area contributed by atoms with Crippen LogP contribution in [0.25, 0.3) is 11.1 Å². The third-order valence-electron chi connectivity index (χ3n) is 4.98. The first-order valence-corrected chi connectivity index (χ1v) is 8.77. The second kappa shape index (κ2) is 6.71. The van der Waals surface area contributed by atoms with Gasteiger partial charge in [-0.15, -0.1) is 0 Å². The Bertz CT molecular complexity index is 990. The number of carbonyl (C=O) groups excluding carboxylic acids is 1. The summed E-state index contributed by atoms with van der Waals surface area (Å²) in [5, 5.41) is 5.80. The van der Waals surface area contributed by atoms with E-state index in [1.165, 1.54) is 10.1 Å². The molecule has 3 aromatic rings. The number of amides is 2. The SMILES string of the molecule is Cn1c(=O)oc2ccc(CNC(=O)NC[C@H]3C[C@@H]3c3ccccc3)cc21. The highest BCUT2D eigenvalue weighted by Crippen LogP contribution is 2.46. The molecule has 0 saturated heterocycles. The van der Waals surface area contributed by atoms with Crippen molar-refractivity contribution in [2.75, 3.05) is 6.54 Å². The first kappa shape index (κ1) is 16.4. The maximum absolute atomic E-state index is 12.0. The van der Waals surface area contributed by atoms with Gasteiger partial charge >= 0.3 is 11.8 Å². The lowest BCUT2D eigenvalue weighted by Crippen LogP contribution is -2.36. The fourth-order valence-corrected chi connectivity index (χ4v) is 3.33. The highest BCUT2D eigenvalue weighted by atomic mass is 16.4. The van der Waals surface area contributed by atoms with E-state index in [4.69, 9.17) is 4.42 Å². The van der Waals surface area contributed by atoms with E-state index in [2.05, 4.69) is 34.9 Å². The van der Waals surface area contributed by atoms with E-state index in [9.17, 15) is 9.59 Å². The maximum atomic E-state index is 12.0. The molecule has 1 saturated carbocycles. The minimum Gasteiger partial charge on any atom is -0.408 e. The standard InChI is InChI=1S/C20H21N3O3/c1-23-17-9-13(7-8-18(17)26-20(23)25)11-21-19(24)22-12-15-10-16(15)14-5-3-2-4-6-14/h2-9,15-16H,10-12H2,1H3,(H2,21,22,24)/t15-,16-/m1/s1. The molecule has 6 heteroatoms. The van der Waals surface area contributed by atoms with Gasteiger partial charge in [-0.3, -0.25) is 4.57 Å². The molecule has 26 heavy (non-hydrogen) atoms. The van der Waals surface area contributed by atoms with Crippen molar-refractivity contribution in [3.63, 3.8) is 0 Å². The highest BCUT2D eigenvalue weighted by molar-refractivity contribution is 5.75. The Balaban J connectivity index is 1.27. The fourth-order valence-electron chi connectivity index (χ4n) is 3.33. The van der Waals surface area contributed by atoms with Crippen molar-refractivity contribution in [3.05, 3.63) is 70.2 Å². The van der Waals surface area contributed by atoms with Gasteiger partial charge in [0.25, 0.3) is 0 Å². The number of rotatable bonds is 5. The molecule has 1 aliphatic carbocycles. The molecular formula is C20H21N3O3. The third-order valence-corrected chi connectivity index (χ3v) is 4.98. The zero-order valence-electron chi connectivity index (χ0n) is 14.6. The fraction of sp³-hybridized carbons (Fsp3) is 0.300. The summed E-state index contributed by atoms with van der Waals surface area (Å²) in [5.41, 5.74) is 3.53. The smallest absolute Gasteiger partial charge is 0.408 e. The number of fused-ring (bicyclic) bond motifs is 1. The molecule has 0 aliphatic heterocycles. The molecule has 4 rings (SSSR count). The predicted molar refractivity (Wildman–Crippen MR) is 99.0 cm³/mol. The van der Waals surface area contributed by atoms with Gasteiger partial charge in [0, 0.05) is 20.1 Å². The summed E-state index contributed by atoms with van der Waals surface area (Å²) in [7, 11) is 1.66. The second-order valence-electron chi connectivity index (χ2n) is 6.81. The monoisotopic (exact) mass is 351 g/mol. The van der Waals surface area contributed by atoms with Crippen LogP contribution in [0.15, 0.2) is 57.7 Å². The van der Waals surface area contributed by atoms with Crippen molar-refractivity contribution in [3.8, 4) is 0 Å². The predicted octanol–water partition coefficient (Wildman–Crippen LogP) is 2.73. The number of oxazole rings is 1. The van der Waals surface area contributed by atoms with Crippen LogP contribution in [-0.2, 0) is 13.6 Å². The van der Waals surface area contributed by atoms with Gasteiger partial charge in [0.05, 0.1) is 5.52 Å². The molecule has 2 atom stereocenters. The number of nitrogens with one attached hydrogen (secondary N) is 2. The van der Waals surface area contributed by atoms with Crippen molar-refractivity contribution >= 4 is 17.1 Å². The molecule has 1 aliphatic rings. The van der Waals surface area contributed by atoms with Crippen LogP contribution in [0.1, 0.15) is 23.5 Å². The first-order chi connectivity index (χ1) is 12.6. The molecule has 0 unspecified atom stereocenters. The minimum absolute atomic E-state index is 0.176. The van der Waals surface area contributed by atoms with Crippen LogP contribution in [0, 0.1) is 5.92 Å². The van der Waals surface area contributed by atoms with Gasteiger partial charge in [-0.25, -0.2) is 9.59 Å². The van der Waals surface area contributed by atoms with Crippen molar-refractivity contribution in [1.82, 2.24) is 15.2 Å². The topological polar surface area (TPSA) is 76.3 Å². The quantitative estimate of drug-likeness (QED) is 0.742. The van der Waals surface area contributed by atoms with Crippen LogP contribution in [0.3, 0.4) is 0 Å². The zero-order chi connectivity index (χ0) is 18.1. The average Bonchev–Trinajstić information content (AvgIpc) is 3.39. The Morgan fingerprint density at radius 1 is 1.19 bits per heavy atom. The summed E-state index contributed by atoms with van der Waals surface area (Å²) in [6, 6.07) is 15.7. The van der Waals surface area contributed by atoms with E-state index in [0.29, 0.717) is 30.5 Å². The molecule has 1 fully saturated rings. The zero-order valence-corrected chi connectivity index (χ0v) is 14.6. The average molecular weight is 351 g/mol. The number of aryl methyl sites for hydroxylation is 1. The summed E-state index contributed by atoms with van der Waals surface area (Å²) in [6.07, 6.45) is 1.12. The van der Waals surface area contributed by atoms with Crippen LogP contribution in [-0.4, -0.2) is 17.1 Å². The van der Waals surface area contributed by atoms with Gasteiger partial charge in [0.1, 0.15) is 0 Å². The van der Waals surface area contributed by atoms with Gasteiger partial charge in [-0.2, -0.15) is 0 Å². The Labute approximate surface area is 150 Å². The van der Waals surface area contributed by atoms with E-state index < -0.39 is 0 Å². The lowest BCUT2D eigenvalue weighted by atomic mass is 10.1. The highest BCUT2D eigenvalue weighted by Gasteiger charge is 2.37. The summed E-state index contributed by atoms with van der Waals surface area (Å²) < 4.78 is 6.56. The third kappa shape index (κ3) is 3.35. The second-order valence-corrected chi connectivity index (χ2v) is 6.81. The van der Waals surface area contributed by atoms with Crippen LogP contribution >= 0.6 is 0 Å². The lowest BCUT2D eigenvalue weighted by molar-refractivity contribution is 0.240. The van der Waals surface area contributed by atoms with Crippen molar-refractivity contribution in [2.45, 2.75) is 18.9 Å². The van der Waals surface area contributed by atoms with Crippen LogP contribution in [0.4, 0.5) is 4.79 Å². The molecule has 1 heterocycles. The van der Waals surface area contributed by atoms with Gasteiger partial charge < -0.3 is 15.1 Å². The van der Waals surface area contributed by atoms with Crippen LogP contribution < -0.4 is 16.4 Å². The van der Waals surface area contributed by atoms with Crippen molar-refractivity contribution in [1.29, 1.82) is 0 Å². The number of hydrogen-bond donors (Lipinski definition) is 2. The lowest BCUT2D eigenvalue weighted by Gasteiger charge is -2.08. The summed E-state index contributed by atoms with van der Waals surface area (Å²) >= 11 is 0. The molecule has 0 bridgehead atoms. The summed E-state index contributed by atoms with van der Waals surface area (Å²) in [6.45, 7) is 1.08. The normalized spacial score (nSPS) is 18.7. The summed E-state index contributed by atoms with van der Waals surface area (Å²) in [4.78, 5) is 23.5. The van der Waals surface area contributed by atoms with Crippen LogP contribution in [0.5, 0.6) is 0 Å². The number of hydrogen-bond acceptors (Lipinski definition) is 3. The molecule has 6 nitrogen and oxygen atoms in total. The van der Waals surface area contributed by atoms with Gasteiger partial charge in [-0.1, -0.05) is 36.4 Å². The molecule has 0 spiro atoms. The maximum Gasteiger partial charge on any atom is 0.419 e. The van der Waals surface area contributed by atoms with Crippen molar-refractivity contribution < 1.29 is 9.21 Å². The molecular weight excluding hydrogens is 330 g/mol. The minimum atomic E-state index is -0.389. The summed E-state index contributed by atoms with van der Waals surface area (Å²) in [5.74, 6) is 0.682. The van der Waals surface area contributed by atoms with E-state index in [0.717, 1.165) is 17.5 Å². The number of carbonyl (C=O) groups is 1. The van der Waals surface area contributed by atoms with E-state index >= 15 is 0 Å². The van der Waals surface area contributed by atoms with E-state index in [1.807, 2.05) is 18.2 Å². The Kier molecular flexibility index (Phi) is 4.24. The molecule has 1 aromatic heterocycles. The van der Waals surface area contributed by atoms with Crippen LogP contribution in [0.2, 0.25) is 0 Å². The Morgan fingerprint density at radius 2 is 2.00 bits per heavy atom. The Hall–Kier alpha value is -3.02. The molecule has 2 amide bonds. The largest absolute Gasteiger partial charge is 0.419 e. The molecule has 2 N–H and O–H groups in total. The van der Waals surface area contributed by atoms with Gasteiger partial charge in [0.15, 0.2) is 5.58 Å². The van der Waals surface area contributed by atoms with Crippen molar-refractivity contribution in [2.24, 2.45) is 13.0 Å². The molecule has 0 radical (unpaired) electrons. The number of nitrogens with zero attached hydrogens (tertiary/aromatic N) is 1. The number of benzene rings is 2. The molecule has 2 aromatic carbocycles. The first-order valence-electron chi connectivity index (χ1n) is 8.77. The number of aromatic nitrogens is 1. The van der Waals surface area contributed by atoms with Gasteiger partial charge in [-0.05, 0) is 41.5 Å². The van der Waals surface area contributed by atoms with E-state index in [-0.39, 0.29) is 11.8 Å².